The second-order valence-electron chi connectivity index (χ2n) is 8.08. The van der Waals surface area contributed by atoms with Gasteiger partial charge in [0.05, 0.1) is 34.7 Å². The molecule has 0 amide bonds. The summed E-state index contributed by atoms with van der Waals surface area (Å²) in [7, 11) is 0. The fraction of sp³-hybridized carbons (Fsp3) is 0.222. The number of nitrogens with zero attached hydrogens (tertiary/aromatic N) is 2. The Morgan fingerprint density at radius 3 is 2.50 bits per heavy atom. The van der Waals surface area contributed by atoms with Crippen LogP contribution in [0.3, 0.4) is 0 Å². The lowest BCUT2D eigenvalue weighted by molar-refractivity contribution is 0.305. The largest absolute Gasteiger partial charge is 0.494 e. The summed E-state index contributed by atoms with van der Waals surface area (Å²) in [6.07, 6.45) is 7.05. The monoisotopic (exact) mass is 443 g/mol. The summed E-state index contributed by atoms with van der Waals surface area (Å²) in [6, 6.07) is 24.8. The number of unbranched alkanes of at least 4 members (excludes halogenated alkanes) is 3. The highest BCUT2D eigenvalue weighted by Gasteiger charge is 2.10. The van der Waals surface area contributed by atoms with Crippen LogP contribution in [0.15, 0.2) is 79.0 Å². The van der Waals surface area contributed by atoms with Crippen molar-refractivity contribution in [3.63, 3.8) is 0 Å². The van der Waals surface area contributed by atoms with Gasteiger partial charge in [0.15, 0.2) is 0 Å². The van der Waals surface area contributed by atoms with Crippen molar-refractivity contribution in [2.24, 2.45) is 0 Å². The molecule has 0 aliphatic rings. The summed E-state index contributed by atoms with van der Waals surface area (Å²) < 4.78 is 7.95. The summed E-state index contributed by atoms with van der Waals surface area (Å²) in [5.74, 6) is 0.919. The Hall–Kier alpha value is -3.24. The van der Waals surface area contributed by atoms with E-state index < -0.39 is 0 Å². The van der Waals surface area contributed by atoms with Gasteiger partial charge in [-0.05, 0) is 49.6 Å². The number of fused-ring (bicyclic) bond motifs is 3. The average Bonchev–Trinajstić information content (AvgIpc) is 3.38. The number of nitrogens with one attached hydrogen (secondary N) is 1. The van der Waals surface area contributed by atoms with E-state index in [0.717, 1.165) is 71.9 Å². The second kappa shape index (κ2) is 9.49. The Labute approximate surface area is 192 Å². The quantitative estimate of drug-likeness (QED) is 0.242. The maximum absolute atomic E-state index is 6.39. The minimum absolute atomic E-state index is 0.731. The van der Waals surface area contributed by atoms with Crippen LogP contribution in [0.5, 0.6) is 5.75 Å². The number of benzene rings is 3. The first kappa shape index (κ1) is 20.7. The van der Waals surface area contributed by atoms with Crippen molar-refractivity contribution < 1.29 is 4.74 Å². The first-order chi connectivity index (χ1) is 15.8. The first-order valence-electron chi connectivity index (χ1n) is 11.2. The molecule has 0 fully saturated rings. The average molecular weight is 444 g/mol. The number of ether oxygens (including phenoxy) is 1. The van der Waals surface area contributed by atoms with Crippen LogP contribution in [-0.2, 0) is 6.42 Å². The Morgan fingerprint density at radius 1 is 0.812 bits per heavy atom. The number of aromatic amines is 1. The summed E-state index contributed by atoms with van der Waals surface area (Å²) in [5, 5.41) is 7.68. The van der Waals surface area contributed by atoms with Crippen LogP contribution in [0.4, 0.5) is 0 Å². The van der Waals surface area contributed by atoms with Crippen LogP contribution < -0.4 is 4.74 Å². The molecule has 5 rings (SSSR count). The van der Waals surface area contributed by atoms with Gasteiger partial charge in [0.2, 0.25) is 0 Å². The molecule has 3 aromatic carbocycles. The fourth-order valence-corrected chi connectivity index (χ4v) is 4.45. The molecule has 0 aliphatic heterocycles. The molecule has 0 spiro atoms. The van der Waals surface area contributed by atoms with E-state index in [1.165, 1.54) is 10.8 Å². The minimum atomic E-state index is 0.731. The fourth-order valence-electron chi connectivity index (χ4n) is 4.23. The molecule has 0 radical (unpaired) electrons. The topological polar surface area (TPSA) is 42.8 Å². The van der Waals surface area contributed by atoms with Crippen LogP contribution in [0.25, 0.3) is 27.5 Å². The molecule has 0 aliphatic carbocycles. The van der Waals surface area contributed by atoms with Gasteiger partial charge in [-0.1, -0.05) is 60.8 Å². The van der Waals surface area contributed by atoms with Crippen molar-refractivity contribution in [1.29, 1.82) is 0 Å². The number of aromatic nitrogens is 3. The second-order valence-corrected chi connectivity index (χ2v) is 8.48. The molecule has 0 saturated carbocycles. The zero-order valence-electron chi connectivity index (χ0n) is 17.9. The lowest BCUT2D eigenvalue weighted by atomic mass is 10.1. The summed E-state index contributed by atoms with van der Waals surface area (Å²) in [4.78, 5) is 3.47. The van der Waals surface area contributed by atoms with Crippen LogP contribution in [-0.4, -0.2) is 21.4 Å². The third-order valence-electron chi connectivity index (χ3n) is 5.87. The molecule has 0 unspecified atom stereocenters. The van der Waals surface area contributed by atoms with Gasteiger partial charge in [0.25, 0.3) is 0 Å². The Balaban J connectivity index is 1.09. The third-order valence-corrected chi connectivity index (χ3v) is 6.19. The summed E-state index contributed by atoms with van der Waals surface area (Å²) in [5.41, 5.74) is 4.42. The van der Waals surface area contributed by atoms with Gasteiger partial charge in [-0.3, -0.25) is 0 Å². The van der Waals surface area contributed by atoms with Gasteiger partial charge in [0, 0.05) is 22.4 Å². The molecular weight excluding hydrogens is 418 g/mol. The minimum Gasteiger partial charge on any atom is -0.494 e. The SMILES string of the molecule is Clc1cnn(-c2ccccc2)c1CCCCCCOc1ccc2c(c1)[nH]c1ccccc12. The van der Waals surface area contributed by atoms with Crippen molar-refractivity contribution in [3.8, 4) is 11.4 Å². The normalized spacial score (nSPS) is 11.4. The molecule has 2 heterocycles. The van der Waals surface area contributed by atoms with E-state index in [-0.39, 0.29) is 0 Å². The number of rotatable bonds is 9. The van der Waals surface area contributed by atoms with E-state index in [4.69, 9.17) is 16.3 Å². The van der Waals surface area contributed by atoms with Crippen LogP contribution >= 0.6 is 11.6 Å². The van der Waals surface area contributed by atoms with Gasteiger partial charge < -0.3 is 9.72 Å². The zero-order valence-corrected chi connectivity index (χ0v) is 18.7. The zero-order chi connectivity index (χ0) is 21.8. The van der Waals surface area contributed by atoms with Crippen LogP contribution in [0.2, 0.25) is 5.02 Å². The van der Waals surface area contributed by atoms with Gasteiger partial charge in [-0.25, -0.2) is 4.68 Å². The van der Waals surface area contributed by atoms with Gasteiger partial charge in [0.1, 0.15) is 5.75 Å². The number of para-hydroxylation sites is 2. The Morgan fingerprint density at radius 2 is 1.59 bits per heavy atom. The highest BCUT2D eigenvalue weighted by Crippen LogP contribution is 2.28. The van der Waals surface area contributed by atoms with E-state index in [1.807, 2.05) is 22.9 Å². The maximum atomic E-state index is 6.39. The van der Waals surface area contributed by atoms with E-state index >= 15 is 0 Å². The molecule has 0 atom stereocenters. The molecule has 4 nitrogen and oxygen atoms in total. The van der Waals surface area contributed by atoms with Gasteiger partial charge >= 0.3 is 0 Å². The predicted octanol–water partition coefficient (Wildman–Crippen LogP) is 7.34. The first-order valence-corrected chi connectivity index (χ1v) is 11.6. The smallest absolute Gasteiger partial charge is 0.121 e. The van der Waals surface area contributed by atoms with Crippen molar-refractivity contribution >= 4 is 33.4 Å². The Bertz CT molecular complexity index is 1320. The molecule has 1 N–H and O–H groups in total. The predicted molar refractivity (Wildman–Crippen MR) is 132 cm³/mol. The van der Waals surface area contributed by atoms with Crippen LogP contribution in [0.1, 0.15) is 31.4 Å². The van der Waals surface area contributed by atoms with Crippen molar-refractivity contribution in [2.75, 3.05) is 6.61 Å². The number of H-pyrrole nitrogens is 1. The molecule has 5 heteroatoms. The maximum Gasteiger partial charge on any atom is 0.121 e. The summed E-state index contributed by atoms with van der Waals surface area (Å²) in [6.45, 7) is 0.731. The Kier molecular flexibility index (Phi) is 6.13. The number of hydrogen-bond acceptors (Lipinski definition) is 2. The van der Waals surface area contributed by atoms with E-state index in [0.29, 0.717) is 0 Å². The molecule has 32 heavy (non-hydrogen) atoms. The highest BCUT2D eigenvalue weighted by atomic mass is 35.5. The molecular formula is C27H26ClN3O. The lowest BCUT2D eigenvalue weighted by Crippen LogP contribution is -2.02. The molecule has 0 saturated heterocycles. The van der Waals surface area contributed by atoms with Gasteiger partial charge in [-0.2, -0.15) is 5.10 Å². The van der Waals surface area contributed by atoms with E-state index in [9.17, 15) is 0 Å². The third kappa shape index (κ3) is 4.37. The highest BCUT2D eigenvalue weighted by molar-refractivity contribution is 6.31. The number of halogens is 1. The van der Waals surface area contributed by atoms with E-state index in [1.54, 1.807) is 6.20 Å². The molecule has 162 valence electrons. The standard InChI is InChI=1S/C27H26ClN3O/c28-24-19-29-31(20-10-4-3-5-11-20)27(24)14-6-1-2-9-17-32-21-15-16-23-22-12-7-8-13-25(22)30-26(23)18-21/h3-5,7-8,10-13,15-16,18-19,30H,1-2,6,9,14,17H2. The van der Waals surface area contributed by atoms with Crippen molar-refractivity contribution in [1.82, 2.24) is 14.8 Å². The number of hydrogen-bond donors (Lipinski definition) is 1. The van der Waals surface area contributed by atoms with Gasteiger partial charge in [-0.15, -0.1) is 0 Å². The molecule has 5 aromatic rings. The van der Waals surface area contributed by atoms with Crippen molar-refractivity contribution in [3.05, 3.63) is 89.7 Å². The lowest BCUT2D eigenvalue weighted by Gasteiger charge is -2.09. The summed E-state index contributed by atoms with van der Waals surface area (Å²) >= 11 is 6.39. The molecule has 2 aromatic heterocycles. The van der Waals surface area contributed by atoms with Crippen LogP contribution in [0, 0.1) is 0 Å². The van der Waals surface area contributed by atoms with E-state index in [2.05, 4.69) is 64.7 Å². The molecule has 0 bridgehead atoms. The van der Waals surface area contributed by atoms with Crippen molar-refractivity contribution in [2.45, 2.75) is 32.1 Å².